The minimum absolute atomic E-state index is 0.0469. The largest absolute Gasteiger partial charge is 0.872 e. The Labute approximate surface area is 175 Å². The van der Waals surface area contributed by atoms with Crippen LogP contribution in [0.5, 0.6) is 11.5 Å². The Morgan fingerprint density at radius 1 is 1.23 bits per heavy atom. The minimum Gasteiger partial charge on any atom is -0.872 e. The summed E-state index contributed by atoms with van der Waals surface area (Å²) in [5.41, 5.74) is 2.55. The number of quaternary nitrogens is 1. The van der Waals surface area contributed by atoms with E-state index in [1.807, 2.05) is 30.3 Å². The standard InChI is InChI=1S/C25H25NO4/c1-15-11-20(27)19(14-26-10-6-5-7-16(26)2)25-23(15)24(28)22(30-25)13-18-12-17-8-3-4-9-21(17)29-18/h3-4,8-9,11-13,16,27H,5-7,10,14H2,1-2H3/b22-13-. The van der Waals surface area contributed by atoms with Gasteiger partial charge in [-0.3, -0.25) is 4.79 Å². The Morgan fingerprint density at radius 2 is 2.07 bits per heavy atom. The van der Waals surface area contributed by atoms with Crippen LogP contribution in [0.2, 0.25) is 0 Å². The minimum atomic E-state index is -0.189. The molecule has 0 radical (unpaired) electrons. The van der Waals surface area contributed by atoms with Gasteiger partial charge in [0.15, 0.2) is 5.76 Å². The zero-order valence-corrected chi connectivity index (χ0v) is 17.3. The van der Waals surface area contributed by atoms with Gasteiger partial charge in [0.25, 0.3) is 0 Å². The lowest BCUT2D eigenvalue weighted by Gasteiger charge is -2.32. The first kappa shape index (κ1) is 18.9. The van der Waals surface area contributed by atoms with Gasteiger partial charge in [0.05, 0.1) is 18.2 Å². The highest BCUT2D eigenvalue weighted by Gasteiger charge is 2.34. The number of hydrogen-bond donors (Lipinski definition) is 1. The summed E-state index contributed by atoms with van der Waals surface area (Å²) in [4.78, 5) is 14.5. The molecule has 2 aliphatic rings. The van der Waals surface area contributed by atoms with E-state index in [1.54, 1.807) is 19.1 Å². The molecule has 5 rings (SSSR count). The maximum absolute atomic E-state index is 13.1. The molecule has 2 unspecified atom stereocenters. The number of fused-ring (bicyclic) bond motifs is 2. The van der Waals surface area contributed by atoms with Crippen molar-refractivity contribution in [2.45, 2.75) is 45.7 Å². The third-order valence-electron chi connectivity index (χ3n) is 6.41. The van der Waals surface area contributed by atoms with Crippen molar-refractivity contribution in [1.82, 2.24) is 0 Å². The van der Waals surface area contributed by atoms with Crippen LogP contribution in [-0.2, 0) is 6.54 Å². The van der Waals surface area contributed by atoms with Gasteiger partial charge < -0.3 is 19.2 Å². The summed E-state index contributed by atoms with van der Waals surface area (Å²) in [7, 11) is 0. The number of furan rings is 1. The Kier molecular flexibility index (Phi) is 4.63. The maximum Gasteiger partial charge on any atom is 0.232 e. The van der Waals surface area contributed by atoms with E-state index in [0.717, 1.165) is 23.9 Å². The number of carbonyl (C=O) groups is 1. The number of likely N-dealkylation sites (tertiary alicyclic amines) is 1. The average Bonchev–Trinajstić information content (AvgIpc) is 3.27. The number of rotatable bonds is 3. The van der Waals surface area contributed by atoms with Crippen molar-refractivity contribution in [1.29, 1.82) is 0 Å². The summed E-state index contributed by atoms with van der Waals surface area (Å²) in [6.45, 7) is 5.66. The van der Waals surface area contributed by atoms with Crippen LogP contribution in [0.25, 0.3) is 17.0 Å². The molecule has 5 heteroatoms. The molecule has 1 N–H and O–H groups in total. The highest BCUT2D eigenvalue weighted by molar-refractivity contribution is 6.15. The van der Waals surface area contributed by atoms with Crippen molar-refractivity contribution in [2.75, 3.05) is 6.54 Å². The second-order valence-corrected chi connectivity index (χ2v) is 8.48. The van der Waals surface area contributed by atoms with E-state index in [0.29, 0.717) is 40.8 Å². The number of para-hydroxylation sites is 1. The Balaban J connectivity index is 1.52. The molecule has 3 heterocycles. The lowest BCUT2D eigenvalue weighted by Crippen LogP contribution is -3.14. The molecule has 1 saturated heterocycles. The second kappa shape index (κ2) is 7.33. The predicted molar refractivity (Wildman–Crippen MR) is 113 cm³/mol. The van der Waals surface area contributed by atoms with Crippen LogP contribution < -0.4 is 14.7 Å². The molecule has 2 atom stereocenters. The highest BCUT2D eigenvalue weighted by atomic mass is 16.5. The second-order valence-electron chi connectivity index (χ2n) is 8.48. The van der Waals surface area contributed by atoms with Crippen molar-refractivity contribution >= 4 is 22.8 Å². The van der Waals surface area contributed by atoms with E-state index in [1.165, 1.54) is 17.7 Å². The molecule has 2 aromatic carbocycles. The summed E-state index contributed by atoms with van der Waals surface area (Å²) in [5, 5.41) is 13.8. The molecule has 1 fully saturated rings. The molecule has 0 aliphatic carbocycles. The number of Topliss-reactive ketones (excluding diaryl/α,β-unsaturated/α-hetero) is 1. The lowest BCUT2D eigenvalue weighted by molar-refractivity contribution is -0.942. The van der Waals surface area contributed by atoms with Crippen LogP contribution in [-0.4, -0.2) is 18.4 Å². The molecule has 0 saturated carbocycles. The van der Waals surface area contributed by atoms with E-state index in [9.17, 15) is 9.90 Å². The van der Waals surface area contributed by atoms with E-state index < -0.39 is 0 Å². The van der Waals surface area contributed by atoms with Crippen molar-refractivity contribution < 1.29 is 24.0 Å². The number of nitrogens with one attached hydrogen (secondary N) is 1. The monoisotopic (exact) mass is 403 g/mol. The normalized spacial score (nSPS) is 22.5. The molecule has 0 spiro atoms. The number of aryl methyl sites for hydroxylation is 1. The van der Waals surface area contributed by atoms with Crippen LogP contribution in [0, 0.1) is 6.92 Å². The fourth-order valence-corrected chi connectivity index (χ4v) is 4.68. The van der Waals surface area contributed by atoms with Crippen LogP contribution in [0.15, 0.2) is 46.6 Å². The zero-order valence-electron chi connectivity index (χ0n) is 17.3. The SMILES string of the molecule is Cc1cc([O-])c(C[NH+]2CCCCC2C)c2c1C(=O)/C(=C/c1cc3ccccc3o1)O2. The number of ether oxygens (including phenoxy) is 1. The lowest BCUT2D eigenvalue weighted by atomic mass is 9.97. The molecule has 2 aliphatic heterocycles. The molecule has 5 nitrogen and oxygen atoms in total. The van der Waals surface area contributed by atoms with Crippen molar-refractivity contribution in [3.63, 3.8) is 0 Å². The summed E-state index contributed by atoms with van der Waals surface area (Å²) in [6, 6.07) is 11.7. The quantitative estimate of drug-likeness (QED) is 0.681. The summed E-state index contributed by atoms with van der Waals surface area (Å²) < 4.78 is 11.8. The first-order chi connectivity index (χ1) is 14.5. The van der Waals surface area contributed by atoms with Gasteiger partial charge in [0.1, 0.15) is 23.6 Å². The molecule has 0 bridgehead atoms. The van der Waals surface area contributed by atoms with Crippen LogP contribution in [0.3, 0.4) is 0 Å². The Morgan fingerprint density at radius 3 is 2.87 bits per heavy atom. The fourth-order valence-electron chi connectivity index (χ4n) is 4.68. The number of benzene rings is 2. The van der Waals surface area contributed by atoms with Gasteiger partial charge in [-0.15, -0.1) is 0 Å². The number of allylic oxidation sites excluding steroid dienone is 1. The van der Waals surface area contributed by atoms with Crippen molar-refractivity contribution in [3.8, 4) is 11.5 Å². The third kappa shape index (κ3) is 3.19. The molecule has 154 valence electrons. The topological polar surface area (TPSA) is 66.9 Å². The predicted octanol–water partition coefficient (Wildman–Crippen LogP) is 3.39. The number of piperidine rings is 1. The zero-order chi connectivity index (χ0) is 20.8. The summed E-state index contributed by atoms with van der Waals surface area (Å²) in [6.07, 6.45) is 5.19. The van der Waals surface area contributed by atoms with E-state index >= 15 is 0 Å². The van der Waals surface area contributed by atoms with E-state index in [-0.39, 0.29) is 17.3 Å². The van der Waals surface area contributed by atoms with Gasteiger partial charge in [0, 0.05) is 17.0 Å². The summed E-state index contributed by atoms with van der Waals surface area (Å²) >= 11 is 0. The highest BCUT2D eigenvalue weighted by Crippen LogP contribution is 2.41. The molecule has 30 heavy (non-hydrogen) atoms. The fraction of sp³-hybridized carbons (Fsp3) is 0.320. The average molecular weight is 403 g/mol. The molecular formula is C25H25NO4. The molecule has 1 aromatic heterocycles. The van der Waals surface area contributed by atoms with Crippen LogP contribution >= 0.6 is 0 Å². The van der Waals surface area contributed by atoms with E-state index in [2.05, 4.69) is 6.92 Å². The Bertz CT molecular complexity index is 1140. The van der Waals surface area contributed by atoms with Gasteiger partial charge in [-0.25, -0.2) is 0 Å². The van der Waals surface area contributed by atoms with Crippen LogP contribution in [0.4, 0.5) is 0 Å². The molecule has 0 amide bonds. The summed E-state index contributed by atoms with van der Waals surface area (Å²) in [5.74, 6) is 0.975. The van der Waals surface area contributed by atoms with Crippen molar-refractivity contribution in [2.24, 2.45) is 0 Å². The first-order valence-corrected chi connectivity index (χ1v) is 10.6. The molecule has 3 aromatic rings. The third-order valence-corrected chi connectivity index (χ3v) is 6.41. The first-order valence-electron chi connectivity index (χ1n) is 10.6. The number of carbonyl (C=O) groups excluding carboxylic acids is 1. The van der Waals surface area contributed by atoms with Gasteiger partial charge in [-0.1, -0.05) is 30.0 Å². The number of hydrogen-bond acceptors (Lipinski definition) is 4. The maximum atomic E-state index is 13.1. The van der Waals surface area contributed by atoms with Gasteiger partial charge in [-0.05, 0) is 50.8 Å². The van der Waals surface area contributed by atoms with Crippen LogP contribution in [0.1, 0.15) is 53.4 Å². The van der Waals surface area contributed by atoms with Gasteiger partial charge >= 0.3 is 0 Å². The smallest absolute Gasteiger partial charge is 0.232 e. The number of ketones is 1. The van der Waals surface area contributed by atoms with Gasteiger partial charge in [0.2, 0.25) is 5.78 Å². The van der Waals surface area contributed by atoms with Gasteiger partial charge in [-0.2, -0.15) is 0 Å². The Hall–Kier alpha value is -3.05. The van der Waals surface area contributed by atoms with Crippen molar-refractivity contribution in [3.05, 3.63) is 64.6 Å². The van der Waals surface area contributed by atoms with E-state index in [4.69, 9.17) is 9.15 Å². The molecular weight excluding hydrogens is 378 g/mol.